The number of thiazole rings is 1. The molecule has 3 rings (SSSR count). The van der Waals surface area contributed by atoms with Crippen LogP contribution in [0.15, 0.2) is 6.20 Å². The molecule has 3 nitrogen and oxygen atoms in total. The third kappa shape index (κ3) is 3.69. The van der Waals surface area contributed by atoms with Gasteiger partial charge in [-0.15, -0.1) is 11.3 Å². The molecule has 1 aromatic rings. The molecule has 1 aromatic heterocycles. The Morgan fingerprint density at radius 1 is 1.11 bits per heavy atom. The van der Waals surface area contributed by atoms with Crippen molar-refractivity contribution in [2.24, 2.45) is 0 Å². The number of nitrogens with one attached hydrogen (secondary N) is 1. The first-order chi connectivity index (χ1) is 9.42. The molecule has 2 heterocycles. The number of anilines is 1. The fourth-order valence-corrected chi connectivity index (χ4v) is 4.07. The van der Waals surface area contributed by atoms with Crippen LogP contribution in [0.1, 0.15) is 56.2 Å². The lowest BCUT2D eigenvalue weighted by molar-refractivity contribution is 0.527. The molecule has 1 N–H and O–H groups in total. The van der Waals surface area contributed by atoms with Crippen LogP contribution in [-0.4, -0.2) is 24.1 Å². The molecular formula is C15H25N3S. The van der Waals surface area contributed by atoms with Crippen LogP contribution in [0.5, 0.6) is 0 Å². The van der Waals surface area contributed by atoms with Gasteiger partial charge in [-0.25, -0.2) is 4.98 Å². The number of hydrogen-bond acceptors (Lipinski definition) is 4. The van der Waals surface area contributed by atoms with Gasteiger partial charge in [-0.2, -0.15) is 0 Å². The fraction of sp³-hybridized carbons (Fsp3) is 0.800. The van der Waals surface area contributed by atoms with E-state index >= 15 is 0 Å². The largest absolute Gasteiger partial charge is 0.348 e. The van der Waals surface area contributed by atoms with Gasteiger partial charge in [0.15, 0.2) is 5.13 Å². The maximum Gasteiger partial charge on any atom is 0.185 e. The summed E-state index contributed by atoms with van der Waals surface area (Å²) < 4.78 is 0. The van der Waals surface area contributed by atoms with Crippen molar-refractivity contribution < 1.29 is 0 Å². The van der Waals surface area contributed by atoms with Gasteiger partial charge in [0.1, 0.15) is 0 Å². The van der Waals surface area contributed by atoms with Crippen molar-refractivity contribution in [3.63, 3.8) is 0 Å². The number of aromatic nitrogens is 1. The van der Waals surface area contributed by atoms with Crippen LogP contribution in [0.25, 0.3) is 0 Å². The molecule has 1 aliphatic carbocycles. The topological polar surface area (TPSA) is 28.2 Å². The van der Waals surface area contributed by atoms with E-state index in [0.717, 1.165) is 12.6 Å². The molecule has 0 unspecified atom stereocenters. The van der Waals surface area contributed by atoms with Gasteiger partial charge in [0.25, 0.3) is 0 Å². The molecular weight excluding hydrogens is 254 g/mol. The molecule has 106 valence electrons. The van der Waals surface area contributed by atoms with Gasteiger partial charge >= 0.3 is 0 Å². The number of rotatable bonds is 4. The Hall–Kier alpha value is -0.610. The zero-order chi connectivity index (χ0) is 12.9. The second-order valence-corrected chi connectivity index (χ2v) is 6.97. The molecule has 0 radical (unpaired) electrons. The van der Waals surface area contributed by atoms with Crippen LogP contribution in [-0.2, 0) is 6.54 Å². The Balaban J connectivity index is 1.52. The maximum absolute atomic E-state index is 4.63. The Labute approximate surface area is 120 Å². The SMILES string of the molecule is c1nc(N2CCCCCC2)sc1CNC1CCCC1. The molecule has 1 saturated heterocycles. The Morgan fingerprint density at radius 3 is 2.58 bits per heavy atom. The highest BCUT2D eigenvalue weighted by Gasteiger charge is 2.16. The molecule has 4 heteroatoms. The van der Waals surface area contributed by atoms with E-state index in [1.807, 2.05) is 11.3 Å². The molecule has 0 spiro atoms. The monoisotopic (exact) mass is 279 g/mol. The summed E-state index contributed by atoms with van der Waals surface area (Å²) in [6, 6.07) is 0.753. The van der Waals surface area contributed by atoms with Crippen LogP contribution in [0, 0.1) is 0 Å². The van der Waals surface area contributed by atoms with E-state index in [2.05, 4.69) is 21.4 Å². The lowest BCUT2D eigenvalue weighted by atomic mass is 10.2. The van der Waals surface area contributed by atoms with Gasteiger partial charge < -0.3 is 10.2 Å². The lowest BCUT2D eigenvalue weighted by Crippen LogP contribution is -2.24. The number of nitrogens with zero attached hydrogens (tertiary/aromatic N) is 2. The van der Waals surface area contributed by atoms with Crippen molar-refractivity contribution in [3.8, 4) is 0 Å². The first-order valence-electron chi connectivity index (χ1n) is 7.85. The molecule has 2 aliphatic rings. The average molecular weight is 279 g/mol. The summed E-state index contributed by atoms with van der Waals surface area (Å²) in [4.78, 5) is 8.51. The van der Waals surface area contributed by atoms with Crippen LogP contribution in [0.4, 0.5) is 5.13 Å². The molecule has 19 heavy (non-hydrogen) atoms. The van der Waals surface area contributed by atoms with Crippen molar-refractivity contribution in [3.05, 3.63) is 11.1 Å². The lowest BCUT2D eigenvalue weighted by Gasteiger charge is -2.18. The highest BCUT2D eigenvalue weighted by molar-refractivity contribution is 7.15. The molecule has 0 amide bonds. The van der Waals surface area contributed by atoms with Gasteiger partial charge in [-0.3, -0.25) is 0 Å². The third-order valence-corrected chi connectivity index (χ3v) is 5.40. The third-order valence-electron chi connectivity index (χ3n) is 4.34. The first kappa shape index (κ1) is 13.4. The Morgan fingerprint density at radius 2 is 1.84 bits per heavy atom. The van der Waals surface area contributed by atoms with E-state index in [-0.39, 0.29) is 0 Å². The van der Waals surface area contributed by atoms with Gasteiger partial charge in [0.2, 0.25) is 0 Å². The average Bonchev–Trinajstić information content (AvgIpc) is 3.03. The molecule has 0 aromatic carbocycles. The highest BCUT2D eigenvalue weighted by atomic mass is 32.1. The second-order valence-electron chi connectivity index (χ2n) is 5.87. The Kier molecular flexibility index (Phi) is 4.72. The summed E-state index contributed by atoms with van der Waals surface area (Å²) in [5.74, 6) is 0. The van der Waals surface area contributed by atoms with E-state index in [1.165, 1.54) is 74.5 Å². The summed E-state index contributed by atoms with van der Waals surface area (Å²) >= 11 is 1.88. The summed E-state index contributed by atoms with van der Waals surface area (Å²) in [6.45, 7) is 3.40. The molecule has 1 saturated carbocycles. The number of hydrogen-bond donors (Lipinski definition) is 1. The van der Waals surface area contributed by atoms with Gasteiger partial charge in [-0.05, 0) is 25.7 Å². The van der Waals surface area contributed by atoms with Gasteiger partial charge in [0, 0.05) is 36.8 Å². The van der Waals surface area contributed by atoms with E-state index in [0.29, 0.717) is 0 Å². The van der Waals surface area contributed by atoms with Crippen LogP contribution < -0.4 is 10.2 Å². The van der Waals surface area contributed by atoms with Crippen LogP contribution >= 0.6 is 11.3 Å². The summed E-state index contributed by atoms with van der Waals surface area (Å²) in [5, 5.41) is 4.92. The quantitative estimate of drug-likeness (QED) is 0.913. The van der Waals surface area contributed by atoms with E-state index in [9.17, 15) is 0 Å². The fourth-order valence-electron chi connectivity index (χ4n) is 3.16. The zero-order valence-corrected chi connectivity index (χ0v) is 12.6. The highest BCUT2D eigenvalue weighted by Crippen LogP contribution is 2.26. The minimum atomic E-state index is 0.753. The first-order valence-corrected chi connectivity index (χ1v) is 8.66. The molecule has 0 atom stereocenters. The minimum Gasteiger partial charge on any atom is -0.348 e. The minimum absolute atomic E-state index is 0.753. The van der Waals surface area contributed by atoms with Gasteiger partial charge in [-0.1, -0.05) is 25.7 Å². The van der Waals surface area contributed by atoms with Crippen molar-refractivity contribution in [2.45, 2.75) is 64.0 Å². The van der Waals surface area contributed by atoms with Crippen molar-refractivity contribution in [2.75, 3.05) is 18.0 Å². The smallest absolute Gasteiger partial charge is 0.185 e. The van der Waals surface area contributed by atoms with E-state index in [4.69, 9.17) is 0 Å². The van der Waals surface area contributed by atoms with Gasteiger partial charge in [0.05, 0.1) is 0 Å². The summed E-state index contributed by atoms with van der Waals surface area (Å²) in [5.41, 5.74) is 0. The predicted octanol–water partition coefficient (Wildman–Crippen LogP) is 3.56. The van der Waals surface area contributed by atoms with Crippen molar-refractivity contribution in [1.82, 2.24) is 10.3 Å². The van der Waals surface area contributed by atoms with Crippen molar-refractivity contribution in [1.29, 1.82) is 0 Å². The summed E-state index contributed by atoms with van der Waals surface area (Å²) in [7, 11) is 0. The molecule has 1 aliphatic heterocycles. The zero-order valence-electron chi connectivity index (χ0n) is 11.7. The van der Waals surface area contributed by atoms with Crippen LogP contribution in [0.3, 0.4) is 0 Å². The second kappa shape index (κ2) is 6.71. The molecule has 2 fully saturated rings. The predicted molar refractivity (Wildman–Crippen MR) is 81.9 cm³/mol. The van der Waals surface area contributed by atoms with Crippen LogP contribution in [0.2, 0.25) is 0 Å². The summed E-state index contributed by atoms with van der Waals surface area (Å²) in [6.07, 6.45) is 13.0. The van der Waals surface area contributed by atoms with E-state index in [1.54, 1.807) is 0 Å². The van der Waals surface area contributed by atoms with E-state index < -0.39 is 0 Å². The Bertz CT molecular complexity index is 376. The molecule has 0 bridgehead atoms. The maximum atomic E-state index is 4.63. The standard InChI is InChI=1S/C15H25N3S/c1-2-6-10-18(9-5-1)15-17-12-14(19-15)11-16-13-7-3-4-8-13/h12-13,16H,1-11H2. The normalized spacial score (nSPS) is 21.8. The van der Waals surface area contributed by atoms with Crippen molar-refractivity contribution >= 4 is 16.5 Å².